The Bertz CT molecular complexity index is 1180. The maximum Gasteiger partial charge on any atom is 0.337 e. The van der Waals surface area contributed by atoms with E-state index < -0.39 is 5.97 Å². The number of aromatic carboxylic acids is 1. The van der Waals surface area contributed by atoms with Crippen molar-refractivity contribution in [2.45, 2.75) is 19.4 Å². The number of carbonyl (C=O) groups is 1. The topological polar surface area (TPSA) is 72.2 Å². The van der Waals surface area contributed by atoms with Gasteiger partial charge in [-0.3, -0.25) is 9.36 Å². The molecule has 2 aromatic heterocycles. The van der Waals surface area contributed by atoms with E-state index in [1.165, 1.54) is 16.7 Å². The standard InChI is InChI=1S/C22H18N2O3S/c25-21-19-17(22(26)27)14-28-20(19)23-18(13-16-9-5-2-6-10-16)24(21)12-11-15-7-3-1-4-8-15/h1-10,14H,11-13H2,(H,26,27). The van der Waals surface area contributed by atoms with E-state index in [-0.39, 0.29) is 16.5 Å². The second-order valence-corrected chi connectivity index (χ2v) is 7.38. The van der Waals surface area contributed by atoms with E-state index in [9.17, 15) is 14.7 Å². The number of rotatable bonds is 6. The van der Waals surface area contributed by atoms with Gasteiger partial charge in [-0.1, -0.05) is 60.7 Å². The van der Waals surface area contributed by atoms with Crippen LogP contribution in [0.25, 0.3) is 10.2 Å². The van der Waals surface area contributed by atoms with Crippen LogP contribution in [0.3, 0.4) is 0 Å². The molecule has 0 radical (unpaired) electrons. The first-order valence-electron chi connectivity index (χ1n) is 8.95. The maximum atomic E-state index is 13.2. The van der Waals surface area contributed by atoms with Crippen molar-refractivity contribution in [3.05, 3.63) is 98.9 Å². The van der Waals surface area contributed by atoms with Crippen molar-refractivity contribution >= 4 is 27.5 Å². The highest BCUT2D eigenvalue weighted by atomic mass is 32.1. The van der Waals surface area contributed by atoms with Gasteiger partial charge in [-0.15, -0.1) is 11.3 Å². The summed E-state index contributed by atoms with van der Waals surface area (Å²) in [5.74, 6) is -0.450. The van der Waals surface area contributed by atoms with Crippen LogP contribution >= 0.6 is 11.3 Å². The molecular formula is C22H18N2O3S. The maximum absolute atomic E-state index is 13.2. The molecule has 140 valence electrons. The van der Waals surface area contributed by atoms with Gasteiger partial charge in [0.1, 0.15) is 10.7 Å². The summed E-state index contributed by atoms with van der Waals surface area (Å²) in [7, 11) is 0. The van der Waals surface area contributed by atoms with E-state index in [2.05, 4.69) is 4.98 Å². The Kier molecular flexibility index (Phi) is 5.04. The Hall–Kier alpha value is -3.25. The van der Waals surface area contributed by atoms with Crippen molar-refractivity contribution in [1.29, 1.82) is 0 Å². The summed E-state index contributed by atoms with van der Waals surface area (Å²) in [5.41, 5.74) is 1.91. The summed E-state index contributed by atoms with van der Waals surface area (Å²) < 4.78 is 1.63. The molecule has 1 N–H and O–H groups in total. The van der Waals surface area contributed by atoms with Crippen LogP contribution in [0, 0.1) is 0 Å². The summed E-state index contributed by atoms with van der Waals surface area (Å²) in [4.78, 5) is 29.9. The van der Waals surface area contributed by atoms with Gasteiger partial charge in [-0.2, -0.15) is 0 Å². The molecule has 0 aliphatic heterocycles. The third kappa shape index (κ3) is 3.59. The molecular weight excluding hydrogens is 372 g/mol. The van der Waals surface area contributed by atoms with E-state index >= 15 is 0 Å². The van der Waals surface area contributed by atoms with Crippen molar-refractivity contribution in [3.63, 3.8) is 0 Å². The lowest BCUT2D eigenvalue weighted by molar-refractivity contribution is 0.0699. The van der Waals surface area contributed by atoms with Crippen molar-refractivity contribution in [3.8, 4) is 0 Å². The second kappa shape index (κ2) is 7.78. The summed E-state index contributed by atoms with van der Waals surface area (Å²) >= 11 is 1.20. The first kappa shape index (κ1) is 18.1. The predicted octanol–water partition coefficient (Wildman–Crippen LogP) is 3.99. The van der Waals surface area contributed by atoms with Crippen LogP contribution < -0.4 is 5.56 Å². The lowest BCUT2D eigenvalue weighted by atomic mass is 10.1. The number of benzene rings is 2. The number of fused-ring (bicyclic) bond motifs is 1. The molecule has 5 nitrogen and oxygen atoms in total. The van der Waals surface area contributed by atoms with Gasteiger partial charge in [-0.25, -0.2) is 9.78 Å². The van der Waals surface area contributed by atoms with Crippen LogP contribution in [0.1, 0.15) is 27.3 Å². The lowest BCUT2D eigenvalue weighted by Gasteiger charge is -2.13. The van der Waals surface area contributed by atoms with Gasteiger partial charge in [0.2, 0.25) is 0 Å². The Morgan fingerprint density at radius 2 is 1.64 bits per heavy atom. The average molecular weight is 390 g/mol. The van der Waals surface area contributed by atoms with Crippen molar-refractivity contribution in [1.82, 2.24) is 9.55 Å². The molecule has 0 aliphatic carbocycles. The molecule has 0 fully saturated rings. The number of carboxylic acids is 1. The molecule has 0 atom stereocenters. The zero-order chi connectivity index (χ0) is 19.5. The van der Waals surface area contributed by atoms with Gasteiger partial charge in [0, 0.05) is 18.3 Å². The van der Waals surface area contributed by atoms with Crippen LogP contribution in [0.5, 0.6) is 0 Å². The number of hydrogen-bond donors (Lipinski definition) is 1. The first-order valence-corrected chi connectivity index (χ1v) is 9.83. The van der Waals surface area contributed by atoms with Crippen LogP contribution in [0.15, 0.2) is 70.8 Å². The summed E-state index contributed by atoms with van der Waals surface area (Å²) in [6, 6.07) is 19.8. The number of carboxylic acid groups (broad SMARTS) is 1. The second-order valence-electron chi connectivity index (χ2n) is 6.52. The molecule has 0 unspecified atom stereocenters. The van der Waals surface area contributed by atoms with Gasteiger partial charge < -0.3 is 5.11 Å². The molecule has 0 saturated carbocycles. The monoisotopic (exact) mass is 390 g/mol. The minimum absolute atomic E-state index is 0.0252. The van der Waals surface area contributed by atoms with Crippen molar-refractivity contribution in [2.75, 3.05) is 0 Å². The average Bonchev–Trinajstić information content (AvgIpc) is 3.14. The molecule has 4 aromatic rings. The number of nitrogens with zero attached hydrogens (tertiary/aromatic N) is 2. The van der Waals surface area contributed by atoms with Crippen molar-refractivity contribution in [2.24, 2.45) is 0 Å². The fourth-order valence-corrected chi connectivity index (χ4v) is 4.17. The molecule has 4 rings (SSSR count). The third-order valence-electron chi connectivity index (χ3n) is 4.68. The molecule has 2 aromatic carbocycles. The number of thiophene rings is 1. The van der Waals surface area contributed by atoms with Gasteiger partial charge >= 0.3 is 5.97 Å². The van der Waals surface area contributed by atoms with Crippen molar-refractivity contribution < 1.29 is 9.90 Å². The summed E-state index contributed by atoms with van der Waals surface area (Å²) in [6.07, 6.45) is 1.18. The van der Waals surface area contributed by atoms with E-state index in [1.54, 1.807) is 4.57 Å². The Morgan fingerprint density at radius 3 is 2.29 bits per heavy atom. The minimum atomic E-state index is -1.10. The zero-order valence-corrected chi connectivity index (χ0v) is 15.9. The normalized spacial score (nSPS) is 11.0. The van der Waals surface area contributed by atoms with Crippen LogP contribution in [-0.4, -0.2) is 20.6 Å². The highest BCUT2D eigenvalue weighted by Gasteiger charge is 2.19. The van der Waals surface area contributed by atoms with Gasteiger partial charge in [0.25, 0.3) is 5.56 Å². The third-order valence-corrected chi connectivity index (χ3v) is 5.55. The fraction of sp³-hybridized carbons (Fsp3) is 0.136. The van der Waals surface area contributed by atoms with Crippen LogP contribution in [0.2, 0.25) is 0 Å². The number of aromatic nitrogens is 2. The summed E-state index contributed by atoms with van der Waals surface area (Å²) in [6.45, 7) is 0.447. The van der Waals surface area contributed by atoms with Gasteiger partial charge in [0.05, 0.1) is 10.9 Å². The number of hydrogen-bond acceptors (Lipinski definition) is 4. The molecule has 0 aliphatic rings. The van der Waals surface area contributed by atoms with E-state index in [0.717, 1.165) is 11.1 Å². The Morgan fingerprint density at radius 1 is 1.00 bits per heavy atom. The molecule has 0 bridgehead atoms. The zero-order valence-electron chi connectivity index (χ0n) is 15.0. The predicted molar refractivity (Wildman–Crippen MR) is 110 cm³/mol. The largest absolute Gasteiger partial charge is 0.478 e. The molecule has 0 spiro atoms. The molecule has 28 heavy (non-hydrogen) atoms. The number of aryl methyl sites for hydroxylation is 1. The highest BCUT2D eigenvalue weighted by Crippen LogP contribution is 2.22. The molecule has 0 saturated heterocycles. The van der Waals surface area contributed by atoms with E-state index in [1.807, 2.05) is 60.7 Å². The van der Waals surface area contributed by atoms with Gasteiger partial charge in [-0.05, 0) is 17.5 Å². The van der Waals surface area contributed by atoms with E-state index in [4.69, 9.17) is 0 Å². The van der Waals surface area contributed by atoms with Crippen LogP contribution in [0.4, 0.5) is 0 Å². The minimum Gasteiger partial charge on any atom is -0.478 e. The molecule has 0 amide bonds. The van der Waals surface area contributed by atoms with Gasteiger partial charge in [0.15, 0.2) is 0 Å². The molecule has 2 heterocycles. The lowest BCUT2D eigenvalue weighted by Crippen LogP contribution is -2.27. The first-order chi connectivity index (χ1) is 13.6. The smallest absolute Gasteiger partial charge is 0.337 e. The highest BCUT2D eigenvalue weighted by molar-refractivity contribution is 7.17. The quantitative estimate of drug-likeness (QED) is 0.540. The molecule has 6 heteroatoms. The fourth-order valence-electron chi connectivity index (χ4n) is 3.25. The Balaban J connectivity index is 1.81. The SMILES string of the molecule is O=C(O)c1csc2nc(Cc3ccccc3)n(CCc3ccccc3)c(=O)c12. The Labute approximate surface area is 165 Å². The summed E-state index contributed by atoms with van der Waals surface area (Å²) in [5, 5.41) is 11.1. The van der Waals surface area contributed by atoms with Crippen LogP contribution in [-0.2, 0) is 19.4 Å². The van der Waals surface area contributed by atoms with E-state index in [0.29, 0.717) is 30.0 Å².